The first kappa shape index (κ1) is 23.1. The van der Waals surface area contributed by atoms with Crippen molar-refractivity contribution in [2.75, 3.05) is 11.4 Å². The molecule has 0 aliphatic carbocycles. The second-order valence-electron chi connectivity index (χ2n) is 8.85. The molecule has 38 heavy (non-hydrogen) atoms. The Morgan fingerprint density at radius 1 is 1.00 bits per heavy atom. The Morgan fingerprint density at radius 3 is 2.50 bits per heavy atom. The largest absolute Gasteiger partial charge is 0.459 e. The molecule has 0 bridgehead atoms. The number of fused-ring (bicyclic) bond motifs is 6. The van der Waals surface area contributed by atoms with Crippen LogP contribution in [0, 0.1) is 11.3 Å². The van der Waals surface area contributed by atoms with Crippen molar-refractivity contribution in [3.8, 4) is 11.8 Å². The summed E-state index contributed by atoms with van der Waals surface area (Å²) in [5, 5.41) is 10.6. The van der Waals surface area contributed by atoms with Crippen molar-refractivity contribution in [2.45, 2.75) is 12.0 Å². The maximum Gasteiger partial charge on any atom is 0.345 e. The number of hydrogen-bond donors (Lipinski definition) is 1. The van der Waals surface area contributed by atoms with Gasteiger partial charge >= 0.3 is 11.6 Å². The molecule has 1 unspecified atom stereocenters. The van der Waals surface area contributed by atoms with Crippen LogP contribution in [0.5, 0.6) is 5.75 Å². The van der Waals surface area contributed by atoms with Gasteiger partial charge in [0.25, 0.3) is 0 Å². The maximum atomic E-state index is 14.4. The van der Waals surface area contributed by atoms with Crippen LogP contribution in [0.15, 0.2) is 99.5 Å². The fraction of sp³-hybridized carbons (Fsp3) is 0.103. The van der Waals surface area contributed by atoms with Gasteiger partial charge in [0.05, 0.1) is 5.39 Å². The third-order valence-electron chi connectivity index (χ3n) is 6.78. The van der Waals surface area contributed by atoms with Crippen molar-refractivity contribution >= 4 is 28.5 Å². The first-order valence-electron chi connectivity index (χ1n) is 11.7. The number of amides is 1. The highest BCUT2D eigenvalue weighted by Crippen LogP contribution is 2.55. The average molecular weight is 505 g/mol. The molecular weight excluding hydrogens is 486 g/mol. The molecule has 0 radical (unpaired) electrons. The summed E-state index contributed by atoms with van der Waals surface area (Å²) in [4.78, 5) is 41.9. The normalized spacial score (nSPS) is 17.7. The van der Waals surface area contributed by atoms with Crippen LogP contribution in [0.3, 0.4) is 0 Å². The summed E-state index contributed by atoms with van der Waals surface area (Å²) in [5.74, 6) is -1.65. The monoisotopic (exact) mass is 505 g/mol. The average Bonchev–Trinajstić information content (AvgIpc) is 3.16. The Labute approximate surface area is 215 Å². The van der Waals surface area contributed by atoms with Crippen LogP contribution in [0.4, 0.5) is 5.69 Å². The van der Waals surface area contributed by atoms with Gasteiger partial charge in [0.15, 0.2) is 11.2 Å². The fourth-order valence-corrected chi connectivity index (χ4v) is 5.17. The Morgan fingerprint density at radius 2 is 1.71 bits per heavy atom. The van der Waals surface area contributed by atoms with Gasteiger partial charge in [-0.05, 0) is 23.8 Å². The lowest BCUT2D eigenvalue weighted by Crippen LogP contribution is -2.49. The SMILES string of the molecule is N#CC1=C(N)Oc2c(c(=O)oc3ccccc23)C12C(=O)N(CC(=O)OCc1ccccc1)c1ccccc12. The lowest BCUT2D eigenvalue weighted by atomic mass is 9.69. The van der Waals surface area contributed by atoms with Crippen LogP contribution in [0.1, 0.15) is 16.7 Å². The van der Waals surface area contributed by atoms with E-state index >= 15 is 0 Å². The van der Waals surface area contributed by atoms with Crippen molar-refractivity contribution in [3.05, 3.63) is 117 Å². The Hall–Kier alpha value is -5.36. The van der Waals surface area contributed by atoms with E-state index in [4.69, 9.17) is 19.6 Å². The van der Waals surface area contributed by atoms with Gasteiger partial charge in [-0.15, -0.1) is 0 Å². The minimum atomic E-state index is -1.96. The third kappa shape index (κ3) is 3.21. The third-order valence-corrected chi connectivity index (χ3v) is 6.78. The van der Waals surface area contributed by atoms with E-state index in [0.29, 0.717) is 16.6 Å². The zero-order valence-corrected chi connectivity index (χ0v) is 19.8. The number of benzene rings is 3. The lowest BCUT2D eigenvalue weighted by molar-refractivity contribution is -0.144. The number of para-hydroxylation sites is 2. The van der Waals surface area contributed by atoms with E-state index in [-0.39, 0.29) is 35.0 Å². The minimum Gasteiger partial charge on any atom is -0.459 e. The molecule has 1 atom stereocenters. The fourth-order valence-electron chi connectivity index (χ4n) is 5.17. The second-order valence-corrected chi connectivity index (χ2v) is 8.85. The van der Waals surface area contributed by atoms with Crippen molar-refractivity contribution in [2.24, 2.45) is 5.73 Å². The zero-order chi connectivity index (χ0) is 26.4. The highest BCUT2D eigenvalue weighted by atomic mass is 16.5. The summed E-state index contributed by atoms with van der Waals surface area (Å²) in [6, 6.07) is 24.4. The number of hydrogen-bond acceptors (Lipinski definition) is 8. The van der Waals surface area contributed by atoms with Gasteiger partial charge in [-0.3, -0.25) is 14.5 Å². The first-order chi connectivity index (χ1) is 18.5. The number of rotatable bonds is 4. The van der Waals surface area contributed by atoms with Crippen LogP contribution < -0.4 is 21.0 Å². The summed E-state index contributed by atoms with van der Waals surface area (Å²) >= 11 is 0. The topological polar surface area (TPSA) is 136 Å². The molecule has 3 heterocycles. The van der Waals surface area contributed by atoms with Crippen molar-refractivity contribution < 1.29 is 23.5 Å². The standard InChI is InChI=1S/C29H19N3O6/c30-14-20-26(31)38-25-18-10-4-7-13-22(18)37-27(34)24(25)29(20)19-11-5-6-12-21(19)32(28(29)35)15-23(33)36-16-17-8-2-1-3-9-17/h1-13H,15-16,31H2. The van der Waals surface area contributed by atoms with E-state index < -0.39 is 29.5 Å². The zero-order valence-electron chi connectivity index (χ0n) is 19.8. The minimum absolute atomic E-state index is 0.0248. The number of anilines is 1. The molecule has 2 N–H and O–H groups in total. The van der Waals surface area contributed by atoms with Crippen molar-refractivity contribution in [1.82, 2.24) is 0 Å². The number of carbonyl (C=O) groups is 2. The predicted octanol–water partition coefficient (Wildman–Crippen LogP) is 3.26. The molecular formula is C29H19N3O6. The smallest absolute Gasteiger partial charge is 0.345 e. The Kier molecular flexibility index (Phi) is 5.24. The van der Waals surface area contributed by atoms with E-state index in [9.17, 15) is 19.6 Å². The molecule has 4 aromatic rings. The van der Waals surface area contributed by atoms with Crippen molar-refractivity contribution in [3.63, 3.8) is 0 Å². The van der Waals surface area contributed by atoms with Gasteiger partial charge in [0.1, 0.15) is 35.9 Å². The maximum absolute atomic E-state index is 14.4. The summed E-state index contributed by atoms with van der Waals surface area (Å²) in [6.07, 6.45) is 0. The Balaban J connectivity index is 1.51. The van der Waals surface area contributed by atoms with Gasteiger partial charge in [-0.2, -0.15) is 5.26 Å². The molecule has 1 spiro atoms. The van der Waals surface area contributed by atoms with Gasteiger partial charge in [-0.25, -0.2) is 4.79 Å². The van der Waals surface area contributed by atoms with Gasteiger partial charge in [0, 0.05) is 11.3 Å². The molecule has 0 saturated carbocycles. The van der Waals surface area contributed by atoms with E-state index in [1.165, 1.54) is 4.90 Å². The highest BCUT2D eigenvalue weighted by Gasteiger charge is 2.61. The molecule has 6 rings (SSSR count). The quantitative estimate of drug-likeness (QED) is 0.330. The van der Waals surface area contributed by atoms with Crippen LogP contribution in [-0.2, 0) is 26.3 Å². The summed E-state index contributed by atoms with van der Waals surface area (Å²) < 4.78 is 16.8. The number of carbonyl (C=O) groups excluding carboxylic acids is 2. The second kappa shape index (κ2) is 8.64. The summed E-state index contributed by atoms with van der Waals surface area (Å²) in [7, 11) is 0. The van der Waals surface area contributed by atoms with Crippen LogP contribution in [0.25, 0.3) is 11.0 Å². The highest BCUT2D eigenvalue weighted by molar-refractivity contribution is 6.16. The summed E-state index contributed by atoms with van der Waals surface area (Å²) in [5.41, 5.74) is 4.65. The molecule has 9 nitrogen and oxygen atoms in total. The molecule has 2 aliphatic rings. The number of nitrogens with zero attached hydrogens (tertiary/aromatic N) is 2. The molecule has 0 fully saturated rings. The number of nitrogens with two attached hydrogens (primary N) is 1. The lowest BCUT2D eigenvalue weighted by Gasteiger charge is -2.33. The van der Waals surface area contributed by atoms with Gasteiger partial charge in [-0.1, -0.05) is 60.7 Å². The van der Waals surface area contributed by atoms with E-state index in [1.54, 1.807) is 48.5 Å². The van der Waals surface area contributed by atoms with Crippen LogP contribution in [0.2, 0.25) is 0 Å². The predicted molar refractivity (Wildman–Crippen MR) is 136 cm³/mol. The first-order valence-corrected chi connectivity index (χ1v) is 11.7. The molecule has 2 aliphatic heterocycles. The molecule has 186 valence electrons. The van der Waals surface area contributed by atoms with E-state index in [1.807, 2.05) is 36.4 Å². The number of nitriles is 1. The molecule has 3 aromatic carbocycles. The molecule has 1 aromatic heterocycles. The molecule has 9 heteroatoms. The van der Waals surface area contributed by atoms with Crippen LogP contribution >= 0.6 is 0 Å². The Bertz CT molecular complexity index is 1770. The van der Waals surface area contributed by atoms with E-state index in [0.717, 1.165) is 5.56 Å². The van der Waals surface area contributed by atoms with Crippen LogP contribution in [-0.4, -0.2) is 18.4 Å². The van der Waals surface area contributed by atoms with Gasteiger partial charge < -0.3 is 19.6 Å². The summed E-state index contributed by atoms with van der Waals surface area (Å²) in [6.45, 7) is -0.421. The molecule has 1 amide bonds. The molecule has 0 saturated heterocycles. The van der Waals surface area contributed by atoms with Gasteiger partial charge in [0.2, 0.25) is 11.8 Å². The number of ether oxygens (including phenoxy) is 2. The van der Waals surface area contributed by atoms with Crippen molar-refractivity contribution in [1.29, 1.82) is 5.26 Å². The number of esters is 1. The van der Waals surface area contributed by atoms with E-state index in [2.05, 4.69) is 0 Å².